The van der Waals surface area contributed by atoms with Crippen molar-refractivity contribution in [3.63, 3.8) is 0 Å². The van der Waals surface area contributed by atoms with E-state index in [1.165, 1.54) is 5.56 Å². The highest BCUT2D eigenvalue weighted by Gasteiger charge is 2.15. The van der Waals surface area contributed by atoms with Crippen LogP contribution in [0.5, 0.6) is 0 Å². The molecule has 0 radical (unpaired) electrons. The Kier molecular flexibility index (Phi) is 5.93. The van der Waals surface area contributed by atoms with Gasteiger partial charge in [-0.2, -0.15) is 4.99 Å². The van der Waals surface area contributed by atoms with Gasteiger partial charge in [-0.15, -0.1) is 0 Å². The Morgan fingerprint density at radius 3 is 2.20 bits per heavy atom. The summed E-state index contributed by atoms with van der Waals surface area (Å²) in [5.41, 5.74) is 2.78. The van der Waals surface area contributed by atoms with Gasteiger partial charge in [-0.25, -0.2) is 4.79 Å². The number of aliphatic imine (C=N–C) groups is 1. The maximum Gasteiger partial charge on any atom is 0.434 e. The minimum absolute atomic E-state index is 0.497. The second-order valence-electron chi connectivity index (χ2n) is 6.07. The van der Waals surface area contributed by atoms with Crippen LogP contribution < -0.4 is 0 Å². The summed E-state index contributed by atoms with van der Waals surface area (Å²) in [5.74, 6) is 0. The highest BCUT2D eigenvalue weighted by atomic mass is 16.6. The molecule has 110 valence electrons. The minimum Gasteiger partial charge on any atom is -0.442 e. The quantitative estimate of drug-likeness (QED) is 0.754. The summed E-state index contributed by atoms with van der Waals surface area (Å²) in [4.78, 5) is 15.6. The zero-order chi connectivity index (χ0) is 15.2. The molecule has 1 aromatic carbocycles. The van der Waals surface area contributed by atoms with Crippen molar-refractivity contribution in [3.8, 4) is 0 Å². The average molecular weight is 275 g/mol. The SMILES string of the molecule is CCCc1ccc(C/C(C)=N\C(=O)OC(C)(C)C)cc1. The summed E-state index contributed by atoms with van der Waals surface area (Å²) in [7, 11) is 0. The minimum atomic E-state index is -0.516. The predicted molar refractivity (Wildman–Crippen MR) is 83.5 cm³/mol. The molecule has 0 aromatic heterocycles. The van der Waals surface area contributed by atoms with E-state index in [4.69, 9.17) is 4.74 Å². The van der Waals surface area contributed by atoms with Crippen LogP contribution in [0.15, 0.2) is 29.3 Å². The molecular formula is C17H25NO2. The monoisotopic (exact) mass is 275 g/mol. The predicted octanol–water partition coefficient (Wildman–Crippen LogP) is 4.58. The third kappa shape index (κ3) is 6.50. The first-order valence-corrected chi connectivity index (χ1v) is 7.15. The lowest BCUT2D eigenvalue weighted by molar-refractivity contribution is 0.0604. The first-order chi connectivity index (χ1) is 9.30. The molecule has 0 spiro atoms. The standard InChI is InChI=1S/C17H25NO2/c1-6-7-14-8-10-15(11-9-14)12-13(2)18-16(19)20-17(3,4)5/h8-11H,6-7,12H2,1-5H3/b18-13-. The van der Waals surface area contributed by atoms with Crippen LogP contribution in [0.4, 0.5) is 4.79 Å². The fraction of sp³-hybridized carbons (Fsp3) is 0.529. The molecule has 0 bridgehead atoms. The molecule has 0 N–H and O–H groups in total. The lowest BCUT2D eigenvalue weighted by atomic mass is 10.0. The van der Waals surface area contributed by atoms with Gasteiger partial charge in [-0.1, -0.05) is 37.6 Å². The van der Waals surface area contributed by atoms with E-state index in [-0.39, 0.29) is 0 Å². The van der Waals surface area contributed by atoms with Gasteiger partial charge in [-0.3, -0.25) is 0 Å². The van der Waals surface area contributed by atoms with Gasteiger partial charge in [0.25, 0.3) is 0 Å². The number of carbonyl (C=O) groups excluding carboxylic acids is 1. The molecule has 0 aliphatic rings. The largest absolute Gasteiger partial charge is 0.442 e. The number of benzene rings is 1. The van der Waals surface area contributed by atoms with Crippen LogP contribution in [0.2, 0.25) is 0 Å². The van der Waals surface area contributed by atoms with Gasteiger partial charge >= 0.3 is 6.09 Å². The molecule has 1 amide bonds. The summed E-state index contributed by atoms with van der Waals surface area (Å²) >= 11 is 0. The van der Waals surface area contributed by atoms with Crippen LogP contribution in [-0.4, -0.2) is 17.4 Å². The molecule has 3 heteroatoms. The Morgan fingerprint density at radius 2 is 1.70 bits per heavy atom. The van der Waals surface area contributed by atoms with E-state index < -0.39 is 11.7 Å². The van der Waals surface area contributed by atoms with E-state index in [0.29, 0.717) is 6.42 Å². The third-order valence-corrected chi connectivity index (χ3v) is 2.70. The van der Waals surface area contributed by atoms with Crippen molar-refractivity contribution < 1.29 is 9.53 Å². The fourth-order valence-electron chi connectivity index (χ4n) is 1.89. The van der Waals surface area contributed by atoms with Gasteiger partial charge in [0.1, 0.15) is 5.60 Å². The Labute approximate surface area is 122 Å². The van der Waals surface area contributed by atoms with Crippen LogP contribution in [0.3, 0.4) is 0 Å². The van der Waals surface area contributed by atoms with E-state index in [2.05, 4.69) is 36.2 Å². The van der Waals surface area contributed by atoms with Crippen molar-refractivity contribution in [2.24, 2.45) is 4.99 Å². The highest BCUT2D eigenvalue weighted by Crippen LogP contribution is 2.10. The second-order valence-corrected chi connectivity index (χ2v) is 6.07. The van der Waals surface area contributed by atoms with Crippen molar-refractivity contribution in [1.29, 1.82) is 0 Å². The molecule has 0 aliphatic carbocycles. The zero-order valence-electron chi connectivity index (χ0n) is 13.2. The first kappa shape index (κ1) is 16.4. The van der Waals surface area contributed by atoms with Crippen LogP contribution in [0.25, 0.3) is 0 Å². The summed E-state index contributed by atoms with van der Waals surface area (Å²) in [6, 6.07) is 8.47. The van der Waals surface area contributed by atoms with E-state index in [0.717, 1.165) is 24.1 Å². The lowest BCUT2D eigenvalue weighted by Gasteiger charge is -2.17. The molecule has 0 unspecified atom stereocenters. The molecule has 1 aromatic rings. The maximum absolute atomic E-state index is 11.6. The maximum atomic E-state index is 11.6. The van der Waals surface area contributed by atoms with E-state index in [1.807, 2.05) is 27.7 Å². The number of rotatable bonds is 4. The van der Waals surface area contributed by atoms with E-state index in [1.54, 1.807) is 0 Å². The van der Waals surface area contributed by atoms with E-state index in [9.17, 15) is 4.79 Å². The normalized spacial score (nSPS) is 12.3. The van der Waals surface area contributed by atoms with Gasteiger partial charge in [0.05, 0.1) is 0 Å². The summed E-state index contributed by atoms with van der Waals surface area (Å²) in [6.07, 6.45) is 2.41. The Balaban J connectivity index is 2.61. The first-order valence-electron chi connectivity index (χ1n) is 7.15. The Bertz CT molecular complexity index is 467. The number of hydrogen-bond donors (Lipinski definition) is 0. The fourth-order valence-corrected chi connectivity index (χ4v) is 1.89. The number of amides is 1. The highest BCUT2D eigenvalue weighted by molar-refractivity contribution is 5.93. The van der Waals surface area contributed by atoms with Crippen molar-refractivity contribution in [1.82, 2.24) is 0 Å². The van der Waals surface area contributed by atoms with Crippen molar-refractivity contribution in [2.45, 2.75) is 59.5 Å². The topological polar surface area (TPSA) is 38.7 Å². The average Bonchev–Trinajstić information content (AvgIpc) is 2.29. The number of nitrogens with zero attached hydrogens (tertiary/aromatic N) is 1. The van der Waals surface area contributed by atoms with Gasteiger partial charge < -0.3 is 4.74 Å². The zero-order valence-corrected chi connectivity index (χ0v) is 13.2. The Morgan fingerprint density at radius 1 is 1.15 bits per heavy atom. The molecule has 0 aliphatic heterocycles. The van der Waals surface area contributed by atoms with Gasteiger partial charge in [0.15, 0.2) is 0 Å². The molecular weight excluding hydrogens is 250 g/mol. The molecule has 0 saturated heterocycles. The van der Waals surface area contributed by atoms with Gasteiger partial charge in [-0.05, 0) is 45.2 Å². The number of hydrogen-bond acceptors (Lipinski definition) is 2. The van der Waals surface area contributed by atoms with Crippen molar-refractivity contribution >= 4 is 11.8 Å². The number of carbonyl (C=O) groups is 1. The van der Waals surface area contributed by atoms with Crippen molar-refractivity contribution in [2.75, 3.05) is 0 Å². The molecule has 1 rings (SSSR count). The summed E-state index contributed by atoms with van der Waals surface area (Å²) in [6.45, 7) is 9.53. The van der Waals surface area contributed by atoms with E-state index >= 15 is 0 Å². The van der Waals surface area contributed by atoms with Gasteiger partial charge in [0.2, 0.25) is 0 Å². The molecule has 0 fully saturated rings. The summed E-state index contributed by atoms with van der Waals surface area (Å²) < 4.78 is 5.17. The van der Waals surface area contributed by atoms with Crippen LogP contribution in [0, 0.1) is 0 Å². The lowest BCUT2D eigenvalue weighted by Crippen LogP contribution is -2.22. The number of ether oxygens (including phenoxy) is 1. The number of aryl methyl sites for hydroxylation is 1. The molecule has 3 nitrogen and oxygen atoms in total. The van der Waals surface area contributed by atoms with Crippen LogP contribution >= 0.6 is 0 Å². The molecule has 0 heterocycles. The molecule has 0 atom stereocenters. The van der Waals surface area contributed by atoms with Crippen molar-refractivity contribution in [3.05, 3.63) is 35.4 Å². The molecule has 0 saturated carbocycles. The van der Waals surface area contributed by atoms with Crippen LogP contribution in [-0.2, 0) is 17.6 Å². The smallest absolute Gasteiger partial charge is 0.434 e. The second kappa shape index (κ2) is 7.22. The molecule has 20 heavy (non-hydrogen) atoms. The third-order valence-electron chi connectivity index (χ3n) is 2.70. The Hall–Kier alpha value is -1.64. The summed E-state index contributed by atoms with van der Waals surface area (Å²) in [5, 5.41) is 0. The van der Waals surface area contributed by atoms with Crippen LogP contribution in [0.1, 0.15) is 52.2 Å². The van der Waals surface area contributed by atoms with Gasteiger partial charge in [0, 0.05) is 12.1 Å².